The molecule has 10 nitrogen and oxygen atoms in total. The van der Waals surface area contributed by atoms with Crippen LogP contribution in [0.1, 0.15) is 5.56 Å². The van der Waals surface area contributed by atoms with E-state index in [9.17, 15) is 28.1 Å². The average Bonchev–Trinajstić information content (AvgIpc) is 2.76. The van der Waals surface area contributed by atoms with Crippen LogP contribution in [-0.4, -0.2) is 27.4 Å². The first-order valence-electron chi connectivity index (χ1n) is 9.11. The summed E-state index contributed by atoms with van der Waals surface area (Å²) in [5, 5.41) is 14.6. The summed E-state index contributed by atoms with van der Waals surface area (Å²) in [5.41, 5.74) is 2.66. The van der Waals surface area contributed by atoms with Crippen LogP contribution in [0.15, 0.2) is 48.8 Å². The Morgan fingerprint density at radius 1 is 1.12 bits per heavy atom. The fourth-order valence-electron chi connectivity index (χ4n) is 2.55. The molecule has 3 N–H and O–H groups in total. The Labute approximate surface area is 199 Å². The van der Waals surface area contributed by atoms with Gasteiger partial charge in [-0.05, 0) is 36.4 Å². The highest BCUT2D eigenvalue weighted by molar-refractivity contribution is 6.35. The normalized spacial score (nSPS) is 11.0. The Hall–Kier alpha value is -3.84. The highest BCUT2D eigenvalue weighted by atomic mass is 35.5. The first-order valence-corrected chi connectivity index (χ1v) is 9.86. The van der Waals surface area contributed by atoms with Gasteiger partial charge in [-0.15, -0.1) is 0 Å². The second-order valence-corrected chi connectivity index (χ2v) is 7.26. The molecule has 0 saturated carbocycles. The number of nitrogens with one attached hydrogen (secondary N) is 3. The minimum absolute atomic E-state index is 0.0974. The summed E-state index contributed by atoms with van der Waals surface area (Å²) in [6.07, 6.45) is -3.69. The molecule has 0 radical (unpaired) electrons. The molecular formula is C19H13Cl2F3N6O4. The zero-order valence-corrected chi connectivity index (χ0v) is 18.2. The standard InChI is InChI=1S/C19H13Cl2F3N6O4/c20-11-4-5-14(13(21)7-11)34-8-15(31)28-29-18-16(30(32)33)17(25-9-26-18)27-12-3-1-2-10(6-12)19(22,23)24/h1-7,9H,8H2,(H,28,31)(H2,25,26,27,29). The van der Waals surface area contributed by atoms with Crippen molar-refractivity contribution in [1.82, 2.24) is 15.4 Å². The van der Waals surface area contributed by atoms with Crippen molar-refractivity contribution in [3.05, 3.63) is 74.5 Å². The summed E-state index contributed by atoms with van der Waals surface area (Å²) < 4.78 is 44.0. The van der Waals surface area contributed by atoms with E-state index in [4.69, 9.17) is 27.9 Å². The smallest absolute Gasteiger partial charge is 0.416 e. The molecule has 15 heteroatoms. The van der Waals surface area contributed by atoms with Gasteiger partial charge in [0.2, 0.25) is 11.6 Å². The number of carbonyl (C=O) groups is 1. The lowest BCUT2D eigenvalue weighted by Crippen LogP contribution is -2.34. The number of hydrogen-bond acceptors (Lipinski definition) is 8. The van der Waals surface area contributed by atoms with Crippen LogP contribution in [0.4, 0.5) is 36.2 Å². The van der Waals surface area contributed by atoms with Gasteiger partial charge in [0, 0.05) is 10.7 Å². The molecule has 0 aliphatic rings. The summed E-state index contributed by atoms with van der Waals surface area (Å²) in [4.78, 5) is 30.2. The SMILES string of the molecule is O=C(COc1ccc(Cl)cc1Cl)NNc1ncnc(Nc2cccc(C(F)(F)F)c2)c1[N+](=O)[O-]. The van der Waals surface area contributed by atoms with Crippen LogP contribution in [0.2, 0.25) is 10.0 Å². The van der Waals surface area contributed by atoms with Crippen molar-refractivity contribution in [2.24, 2.45) is 0 Å². The maximum atomic E-state index is 12.9. The number of hydrogen-bond donors (Lipinski definition) is 3. The number of rotatable bonds is 8. The molecular weight excluding hydrogens is 504 g/mol. The van der Waals surface area contributed by atoms with Crippen LogP contribution in [0, 0.1) is 10.1 Å². The van der Waals surface area contributed by atoms with Gasteiger partial charge in [-0.2, -0.15) is 13.2 Å². The van der Waals surface area contributed by atoms with Gasteiger partial charge in [0.15, 0.2) is 6.61 Å². The molecule has 1 heterocycles. The van der Waals surface area contributed by atoms with Crippen LogP contribution in [0.3, 0.4) is 0 Å². The number of halogens is 5. The van der Waals surface area contributed by atoms with E-state index in [1.165, 1.54) is 24.3 Å². The van der Waals surface area contributed by atoms with E-state index in [-0.39, 0.29) is 16.5 Å². The molecule has 2 aromatic carbocycles. The van der Waals surface area contributed by atoms with Crippen molar-refractivity contribution >= 4 is 52.1 Å². The fraction of sp³-hybridized carbons (Fsp3) is 0.105. The van der Waals surface area contributed by atoms with E-state index >= 15 is 0 Å². The molecule has 0 aliphatic heterocycles. The maximum absolute atomic E-state index is 12.9. The van der Waals surface area contributed by atoms with E-state index in [1.54, 1.807) is 0 Å². The average molecular weight is 517 g/mol. The quantitative estimate of drug-likeness (QED) is 0.282. The lowest BCUT2D eigenvalue weighted by Gasteiger charge is -2.13. The highest BCUT2D eigenvalue weighted by Gasteiger charge is 2.31. The largest absolute Gasteiger partial charge is 0.482 e. The monoisotopic (exact) mass is 516 g/mol. The molecule has 0 bridgehead atoms. The predicted octanol–water partition coefficient (Wildman–Crippen LogP) is 4.98. The molecule has 1 aromatic heterocycles. The molecule has 0 atom stereocenters. The van der Waals surface area contributed by atoms with Gasteiger partial charge in [0.05, 0.1) is 15.5 Å². The van der Waals surface area contributed by atoms with Crippen molar-refractivity contribution in [3.8, 4) is 5.75 Å². The highest BCUT2D eigenvalue weighted by Crippen LogP contribution is 2.34. The Bertz CT molecular complexity index is 1230. The van der Waals surface area contributed by atoms with Crippen molar-refractivity contribution < 1.29 is 27.6 Å². The number of ether oxygens (including phenoxy) is 1. The number of carbonyl (C=O) groups excluding carboxylic acids is 1. The van der Waals surface area contributed by atoms with Gasteiger partial charge in [-0.1, -0.05) is 29.3 Å². The third kappa shape index (κ3) is 6.36. The summed E-state index contributed by atoms with van der Waals surface area (Å²) in [5.74, 6) is -1.39. The Morgan fingerprint density at radius 3 is 2.53 bits per heavy atom. The minimum atomic E-state index is -4.61. The molecule has 0 unspecified atom stereocenters. The fourth-order valence-corrected chi connectivity index (χ4v) is 3.01. The number of benzene rings is 2. The van der Waals surface area contributed by atoms with Gasteiger partial charge in [-0.3, -0.25) is 25.8 Å². The number of nitrogens with zero attached hydrogens (tertiary/aromatic N) is 3. The van der Waals surface area contributed by atoms with Crippen LogP contribution in [0.5, 0.6) is 5.75 Å². The van der Waals surface area contributed by atoms with E-state index < -0.39 is 46.5 Å². The molecule has 0 fully saturated rings. The lowest BCUT2D eigenvalue weighted by atomic mass is 10.2. The van der Waals surface area contributed by atoms with Gasteiger partial charge in [-0.25, -0.2) is 9.97 Å². The molecule has 34 heavy (non-hydrogen) atoms. The number of anilines is 3. The van der Waals surface area contributed by atoms with Crippen LogP contribution in [-0.2, 0) is 11.0 Å². The second-order valence-electron chi connectivity index (χ2n) is 6.42. The van der Waals surface area contributed by atoms with Crippen LogP contribution in [0.25, 0.3) is 0 Å². The van der Waals surface area contributed by atoms with Gasteiger partial charge >= 0.3 is 11.9 Å². The Kier molecular flexibility index (Phi) is 7.58. The van der Waals surface area contributed by atoms with Crippen LogP contribution < -0.4 is 20.9 Å². The number of hydrazine groups is 1. The summed E-state index contributed by atoms with van der Waals surface area (Å²) in [6.45, 7) is -0.511. The van der Waals surface area contributed by atoms with Crippen LogP contribution >= 0.6 is 23.2 Å². The van der Waals surface area contributed by atoms with Gasteiger partial charge in [0.1, 0.15) is 12.1 Å². The minimum Gasteiger partial charge on any atom is -0.482 e. The predicted molar refractivity (Wildman–Crippen MR) is 117 cm³/mol. The number of nitro groups is 1. The number of aromatic nitrogens is 2. The molecule has 3 rings (SSSR count). The Balaban J connectivity index is 1.71. The molecule has 1 amide bonds. The summed E-state index contributed by atoms with van der Waals surface area (Å²) >= 11 is 11.7. The van der Waals surface area contributed by atoms with E-state index in [0.29, 0.717) is 5.02 Å². The Morgan fingerprint density at radius 2 is 1.85 bits per heavy atom. The molecule has 178 valence electrons. The van der Waals surface area contributed by atoms with Crippen molar-refractivity contribution in [3.63, 3.8) is 0 Å². The molecule has 0 saturated heterocycles. The maximum Gasteiger partial charge on any atom is 0.416 e. The first kappa shape index (κ1) is 24.8. The van der Waals surface area contributed by atoms with E-state index in [0.717, 1.165) is 24.5 Å². The summed E-state index contributed by atoms with van der Waals surface area (Å²) in [7, 11) is 0. The van der Waals surface area contributed by atoms with E-state index in [1.807, 2.05) is 0 Å². The van der Waals surface area contributed by atoms with E-state index in [2.05, 4.69) is 26.1 Å². The number of amides is 1. The topological polar surface area (TPSA) is 131 Å². The van der Waals surface area contributed by atoms with Crippen molar-refractivity contribution in [2.45, 2.75) is 6.18 Å². The molecule has 3 aromatic rings. The lowest BCUT2D eigenvalue weighted by molar-refractivity contribution is -0.383. The third-order valence-electron chi connectivity index (χ3n) is 4.03. The second kappa shape index (κ2) is 10.4. The third-order valence-corrected chi connectivity index (χ3v) is 4.56. The molecule has 0 spiro atoms. The zero-order chi connectivity index (χ0) is 24.9. The molecule has 0 aliphatic carbocycles. The number of alkyl halides is 3. The van der Waals surface area contributed by atoms with Gasteiger partial charge < -0.3 is 10.1 Å². The van der Waals surface area contributed by atoms with Crippen molar-refractivity contribution in [2.75, 3.05) is 17.3 Å². The first-order chi connectivity index (χ1) is 16.0. The van der Waals surface area contributed by atoms with Crippen molar-refractivity contribution in [1.29, 1.82) is 0 Å². The zero-order valence-electron chi connectivity index (χ0n) is 16.7. The summed E-state index contributed by atoms with van der Waals surface area (Å²) in [6, 6.07) is 8.38. The van der Waals surface area contributed by atoms with Gasteiger partial charge in [0.25, 0.3) is 5.91 Å².